The molecule has 2 aliphatic rings. The number of para-hydroxylation sites is 1. The minimum atomic E-state index is -0.738. The molecular weight excluding hydrogens is 366 g/mol. The first-order valence-corrected chi connectivity index (χ1v) is 8.72. The molecule has 3 rings (SSSR count). The standard InChI is InChI=1S/C17H19BrClNO2/c1-15(2)16(3)8-9-17(15,12(18)13(16)21)14(22)20-11-7-5-4-6-10(11)19/h4-7,12H,8-9H2,1-3H3,(H,20,22)/t12-,16-,17+/m1/s1. The quantitative estimate of drug-likeness (QED) is 0.766. The number of amides is 1. The molecule has 1 N–H and O–H groups in total. The van der Waals surface area contributed by atoms with E-state index in [1.54, 1.807) is 12.1 Å². The summed E-state index contributed by atoms with van der Waals surface area (Å²) < 4.78 is 0. The van der Waals surface area contributed by atoms with Crippen molar-refractivity contribution in [2.75, 3.05) is 5.32 Å². The molecule has 0 saturated heterocycles. The third kappa shape index (κ3) is 1.68. The maximum Gasteiger partial charge on any atom is 0.232 e. The molecule has 1 aromatic carbocycles. The summed E-state index contributed by atoms with van der Waals surface area (Å²) in [6, 6.07) is 7.16. The molecule has 2 bridgehead atoms. The van der Waals surface area contributed by atoms with Gasteiger partial charge in [-0.15, -0.1) is 0 Å². The molecule has 2 aliphatic carbocycles. The third-order valence-corrected chi connectivity index (χ3v) is 7.77. The summed E-state index contributed by atoms with van der Waals surface area (Å²) in [6.07, 6.45) is 1.45. The Bertz CT molecular complexity index is 674. The molecule has 2 saturated carbocycles. The average molecular weight is 385 g/mol. The molecular formula is C17H19BrClNO2. The molecule has 0 aliphatic heterocycles. The lowest BCUT2D eigenvalue weighted by atomic mass is 9.64. The van der Waals surface area contributed by atoms with Gasteiger partial charge >= 0.3 is 0 Å². The number of Topliss-reactive ketones (excluding diaryl/α,β-unsaturated/α-hetero) is 1. The molecule has 3 atom stereocenters. The summed E-state index contributed by atoms with van der Waals surface area (Å²) in [4.78, 5) is 25.3. The maximum atomic E-state index is 13.1. The highest BCUT2D eigenvalue weighted by molar-refractivity contribution is 9.10. The Morgan fingerprint density at radius 2 is 1.91 bits per heavy atom. The molecule has 22 heavy (non-hydrogen) atoms. The second-order valence-corrected chi connectivity index (χ2v) is 8.41. The van der Waals surface area contributed by atoms with Crippen molar-refractivity contribution in [3.63, 3.8) is 0 Å². The summed E-state index contributed by atoms with van der Waals surface area (Å²) in [5.74, 6) is 0.0140. The smallest absolute Gasteiger partial charge is 0.232 e. The molecule has 118 valence electrons. The first kappa shape index (κ1) is 16.0. The number of hydrogen-bond acceptors (Lipinski definition) is 2. The molecule has 5 heteroatoms. The molecule has 2 fully saturated rings. The zero-order valence-corrected chi connectivity index (χ0v) is 15.2. The number of fused-ring (bicyclic) bond motifs is 2. The molecule has 0 unspecified atom stereocenters. The Morgan fingerprint density at radius 3 is 2.45 bits per heavy atom. The predicted octanol–water partition coefficient (Wildman–Crippen LogP) is 4.44. The Hall–Kier alpha value is -0.870. The van der Waals surface area contributed by atoms with E-state index in [0.29, 0.717) is 17.1 Å². The van der Waals surface area contributed by atoms with Gasteiger partial charge in [-0.3, -0.25) is 9.59 Å². The highest BCUT2D eigenvalue weighted by Gasteiger charge is 2.76. The SMILES string of the molecule is CC1(C)[C@]2(C)CC[C@@]1(C(=O)Nc1ccccc1Cl)[C@H](Br)C2=O. The van der Waals surface area contributed by atoms with Gasteiger partial charge in [0.15, 0.2) is 5.78 Å². The topological polar surface area (TPSA) is 46.2 Å². The van der Waals surface area contributed by atoms with Crippen molar-refractivity contribution in [2.45, 2.75) is 38.4 Å². The normalized spacial score (nSPS) is 35.7. The van der Waals surface area contributed by atoms with Crippen molar-refractivity contribution in [1.82, 2.24) is 0 Å². The fourth-order valence-electron chi connectivity index (χ4n) is 4.25. The lowest BCUT2D eigenvalue weighted by Crippen LogP contribution is -2.48. The highest BCUT2D eigenvalue weighted by atomic mass is 79.9. The van der Waals surface area contributed by atoms with Crippen LogP contribution in [0, 0.1) is 16.2 Å². The van der Waals surface area contributed by atoms with Crippen LogP contribution in [0.2, 0.25) is 5.02 Å². The fraction of sp³-hybridized carbons (Fsp3) is 0.529. The molecule has 0 radical (unpaired) electrons. The van der Waals surface area contributed by atoms with E-state index >= 15 is 0 Å². The van der Waals surface area contributed by atoms with Gasteiger partial charge in [0.1, 0.15) is 0 Å². The van der Waals surface area contributed by atoms with Crippen LogP contribution in [0.15, 0.2) is 24.3 Å². The second kappa shape index (κ2) is 4.81. The van der Waals surface area contributed by atoms with Crippen LogP contribution >= 0.6 is 27.5 Å². The zero-order valence-electron chi connectivity index (χ0n) is 12.9. The first-order valence-electron chi connectivity index (χ1n) is 7.43. The number of halogens is 2. The minimum absolute atomic E-state index is 0.123. The number of carbonyl (C=O) groups is 2. The summed E-state index contributed by atoms with van der Waals surface area (Å²) in [6.45, 7) is 6.05. The van der Waals surface area contributed by atoms with Crippen LogP contribution in [-0.4, -0.2) is 16.5 Å². The summed E-state index contributed by atoms with van der Waals surface area (Å²) in [5.41, 5.74) is -1.01. The Balaban J connectivity index is 2.02. The van der Waals surface area contributed by atoms with Gasteiger partial charge < -0.3 is 5.32 Å². The van der Waals surface area contributed by atoms with Gasteiger partial charge in [0, 0.05) is 5.41 Å². The van der Waals surface area contributed by atoms with Crippen molar-refractivity contribution in [3.8, 4) is 0 Å². The van der Waals surface area contributed by atoms with E-state index in [2.05, 4.69) is 21.2 Å². The number of benzene rings is 1. The van der Waals surface area contributed by atoms with Gasteiger partial charge in [-0.05, 0) is 30.4 Å². The van der Waals surface area contributed by atoms with Gasteiger partial charge in [-0.1, -0.05) is 60.4 Å². The third-order valence-electron chi connectivity index (χ3n) is 6.25. The Morgan fingerprint density at radius 1 is 1.27 bits per heavy atom. The monoisotopic (exact) mass is 383 g/mol. The van der Waals surface area contributed by atoms with Gasteiger partial charge in [0.25, 0.3) is 0 Å². The summed E-state index contributed by atoms with van der Waals surface area (Å²) >= 11 is 9.66. The largest absolute Gasteiger partial charge is 0.324 e. The van der Waals surface area contributed by atoms with Gasteiger partial charge in [0.05, 0.1) is 21.0 Å². The number of nitrogens with one attached hydrogen (secondary N) is 1. The minimum Gasteiger partial charge on any atom is -0.324 e. The first-order chi connectivity index (χ1) is 10.2. The van der Waals surface area contributed by atoms with Crippen LogP contribution in [0.5, 0.6) is 0 Å². The van der Waals surface area contributed by atoms with E-state index in [9.17, 15) is 9.59 Å². The number of ketones is 1. The van der Waals surface area contributed by atoms with E-state index in [-0.39, 0.29) is 11.7 Å². The number of carbonyl (C=O) groups excluding carboxylic acids is 2. The number of rotatable bonds is 2. The highest BCUT2D eigenvalue weighted by Crippen LogP contribution is 2.72. The van der Waals surface area contributed by atoms with Crippen molar-refractivity contribution in [1.29, 1.82) is 0 Å². The van der Waals surface area contributed by atoms with E-state index in [1.807, 2.05) is 32.9 Å². The van der Waals surface area contributed by atoms with E-state index in [4.69, 9.17) is 11.6 Å². The molecule has 1 aromatic rings. The van der Waals surface area contributed by atoms with Crippen LogP contribution in [0.4, 0.5) is 5.69 Å². The fourth-order valence-corrected chi connectivity index (χ4v) is 5.95. The van der Waals surface area contributed by atoms with Crippen molar-refractivity contribution < 1.29 is 9.59 Å². The van der Waals surface area contributed by atoms with Crippen molar-refractivity contribution in [3.05, 3.63) is 29.3 Å². The van der Waals surface area contributed by atoms with Gasteiger partial charge in [0.2, 0.25) is 5.91 Å². The summed E-state index contributed by atoms with van der Waals surface area (Å²) in [5, 5.41) is 3.44. The second-order valence-electron chi connectivity index (χ2n) is 7.09. The molecule has 0 spiro atoms. The van der Waals surface area contributed by atoms with Gasteiger partial charge in [-0.2, -0.15) is 0 Å². The van der Waals surface area contributed by atoms with E-state index in [1.165, 1.54) is 0 Å². The number of alkyl halides is 1. The number of hydrogen-bond donors (Lipinski definition) is 1. The molecule has 1 amide bonds. The Labute approximate surface area is 143 Å². The zero-order chi connectivity index (χ0) is 16.3. The Kier molecular flexibility index (Phi) is 3.50. The molecule has 0 heterocycles. The lowest BCUT2D eigenvalue weighted by molar-refractivity contribution is -0.130. The predicted molar refractivity (Wildman–Crippen MR) is 91.4 cm³/mol. The van der Waals surface area contributed by atoms with E-state index in [0.717, 1.165) is 6.42 Å². The van der Waals surface area contributed by atoms with Crippen molar-refractivity contribution in [2.24, 2.45) is 16.2 Å². The van der Waals surface area contributed by atoms with E-state index < -0.39 is 21.1 Å². The van der Waals surface area contributed by atoms with Crippen LogP contribution in [0.3, 0.4) is 0 Å². The lowest BCUT2D eigenvalue weighted by Gasteiger charge is -2.39. The van der Waals surface area contributed by atoms with Crippen LogP contribution in [0.1, 0.15) is 33.6 Å². The maximum absolute atomic E-state index is 13.1. The summed E-state index contributed by atoms with van der Waals surface area (Å²) in [7, 11) is 0. The van der Waals surface area contributed by atoms with Gasteiger partial charge in [-0.25, -0.2) is 0 Å². The van der Waals surface area contributed by atoms with Crippen LogP contribution in [-0.2, 0) is 9.59 Å². The van der Waals surface area contributed by atoms with Crippen molar-refractivity contribution >= 4 is 44.9 Å². The van der Waals surface area contributed by atoms with Crippen LogP contribution < -0.4 is 5.32 Å². The average Bonchev–Trinajstić information content (AvgIpc) is 2.74. The molecule has 0 aromatic heterocycles. The molecule has 3 nitrogen and oxygen atoms in total. The van der Waals surface area contributed by atoms with Crippen LogP contribution in [0.25, 0.3) is 0 Å². The number of anilines is 1.